The summed E-state index contributed by atoms with van der Waals surface area (Å²) >= 11 is 1.28. The molecular formula is C24H20N4O2S. The Hall–Kier alpha value is -3.84. The smallest absolute Gasteiger partial charge is 0.274 e. The van der Waals surface area contributed by atoms with E-state index in [4.69, 9.17) is 5.73 Å². The minimum atomic E-state index is -0.416. The molecule has 31 heavy (non-hydrogen) atoms. The first-order valence-corrected chi connectivity index (χ1v) is 10.6. The Kier molecular flexibility index (Phi) is 6.14. The molecule has 0 aliphatic rings. The molecule has 7 heteroatoms. The third kappa shape index (κ3) is 4.84. The molecule has 0 spiro atoms. The lowest BCUT2D eigenvalue weighted by atomic mass is 10.1. The van der Waals surface area contributed by atoms with Gasteiger partial charge in [-0.15, -0.1) is 11.8 Å². The molecule has 4 aromatic rings. The first-order chi connectivity index (χ1) is 15.1. The van der Waals surface area contributed by atoms with E-state index in [1.165, 1.54) is 11.8 Å². The molecule has 2 amide bonds. The van der Waals surface area contributed by atoms with Gasteiger partial charge in [-0.25, -0.2) is 4.68 Å². The van der Waals surface area contributed by atoms with Gasteiger partial charge in [0.2, 0.25) is 5.91 Å². The van der Waals surface area contributed by atoms with E-state index in [0.717, 1.165) is 16.1 Å². The van der Waals surface area contributed by atoms with Crippen molar-refractivity contribution in [2.75, 3.05) is 11.1 Å². The van der Waals surface area contributed by atoms with Crippen molar-refractivity contribution in [2.24, 2.45) is 5.73 Å². The number of thioether (sulfide) groups is 1. The summed E-state index contributed by atoms with van der Waals surface area (Å²) in [6.07, 6.45) is 0. The summed E-state index contributed by atoms with van der Waals surface area (Å²) in [6.45, 7) is 0. The average Bonchev–Trinajstić information content (AvgIpc) is 3.25. The van der Waals surface area contributed by atoms with Crippen molar-refractivity contribution in [1.82, 2.24) is 9.78 Å². The van der Waals surface area contributed by atoms with Gasteiger partial charge in [-0.2, -0.15) is 5.10 Å². The number of para-hydroxylation sites is 2. The number of hydrogen-bond acceptors (Lipinski definition) is 4. The van der Waals surface area contributed by atoms with E-state index < -0.39 is 5.91 Å². The topological polar surface area (TPSA) is 90.0 Å². The summed E-state index contributed by atoms with van der Waals surface area (Å²) < 4.78 is 1.64. The van der Waals surface area contributed by atoms with Gasteiger partial charge in [0.05, 0.1) is 22.8 Å². The normalized spacial score (nSPS) is 10.6. The molecule has 0 atom stereocenters. The fourth-order valence-corrected chi connectivity index (χ4v) is 3.84. The molecule has 0 radical (unpaired) electrons. The molecule has 154 valence electrons. The van der Waals surface area contributed by atoms with E-state index in [1.54, 1.807) is 16.8 Å². The number of nitrogens with two attached hydrogens (primary N) is 1. The number of benzene rings is 3. The van der Waals surface area contributed by atoms with Crippen LogP contribution in [0.5, 0.6) is 0 Å². The van der Waals surface area contributed by atoms with Crippen LogP contribution in [-0.2, 0) is 4.79 Å². The summed E-state index contributed by atoms with van der Waals surface area (Å²) in [5, 5.41) is 7.64. The predicted octanol–water partition coefficient (Wildman–Crippen LogP) is 4.37. The average molecular weight is 429 g/mol. The highest BCUT2D eigenvalue weighted by molar-refractivity contribution is 8.00. The molecule has 0 saturated heterocycles. The maximum atomic E-state index is 13.3. The van der Waals surface area contributed by atoms with Crippen LogP contribution in [0.15, 0.2) is 95.9 Å². The van der Waals surface area contributed by atoms with Gasteiger partial charge in [-0.05, 0) is 30.3 Å². The fraction of sp³-hybridized carbons (Fsp3) is 0.0417. The molecule has 0 aliphatic carbocycles. The second kappa shape index (κ2) is 9.32. The van der Waals surface area contributed by atoms with Crippen LogP contribution in [0.1, 0.15) is 10.5 Å². The van der Waals surface area contributed by atoms with Crippen LogP contribution in [0.3, 0.4) is 0 Å². The number of primary amides is 1. The van der Waals surface area contributed by atoms with Crippen molar-refractivity contribution in [1.29, 1.82) is 0 Å². The SMILES string of the molecule is NC(=O)CSc1ccccc1NC(=O)c1cc(-c2ccccc2)nn1-c1ccccc1. The Morgan fingerprint density at radius 3 is 2.26 bits per heavy atom. The van der Waals surface area contributed by atoms with Crippen molar-refractivity contribution in [3.63, 3.8) is 0 Å². The maximum Gasteiger partial charge on any atom is 0.274 e. The minimum Gasteiger partial charge on any atom is -0.369 e. The number of aromatic nitrogens is 2. The van der Waals surface area contributed by atoms with Crippen LogP contribution in [0, 0.1) is 0 Å². The summed E-state index contributed by atoms with van der Waals surface area (Å²) in [5.41, 5.74) is 8.68. The molecule has 1 aromatic heterocycles. The molecule has 0 unspecified atom stereocenters. The Morgan fingerprint density at radius 2 is 1.55 bits per heavy atom. The first-order valence-electron chi connectivity index (χ1n) is 9.64. The van der Waals surface area contributed by atoms with Gasteiger partial charge >= 0.3 is 0 Å². The minimum absolute atomic E-state index is 0.132. The Bertz CT molecular complexity index is 1210. The molecule has 3 aromatic carbocycles. The molecule has 6 nitrogen and oxygen atoms in total. The van der Waals surface area contributed by atoms with Gasteiger partial charge in [0.25, 0.3) is 5.91 Å². The van der Waals surface area contributed by atoms with E-state index >= 15 is 0 Å². The Morgan fingerprint density at radius 1 is 0.903 bits per heavy atom. The Labute approximate surface area is 184 Å². The van der Waals surface area contributed by atoms with E-state index in [9.17, 15) is 9.59 Å². The lowest BCUT2D eigenvalue weighted by Crippen LogP contribution is -2.18. The second-order valence-corrected chi connectivity index (χ2v) is 7.75. The first kappa shape index (κ1) is 20.4. The largest absolute Gasteiger partial charge is 0.369 e. The van der Waals surface area contributed by atoms with Crippen LogP contribution in [0.25, 0.3) is 16.9 Å². The summed E-state index contributed by atoms with van der Waals surface area (Å²) in [5.74, 6) is -0.584. The zero-order valence-corrected chi connectivity index (χ0v) is 17.4. The lowest BCUT2D eigenvalue weighted by molar-refractivity contribution is -0.115. The van der Waals surface area contributed by atoms with Crippen LogP contribution < -0.4 is 11.1 Å². The number of rotatable bonds is 7. The standard InChI is InChI=1S/C24H20N4O2S/c25-23(29)16-31-22-14-8-7-13-19(22)26-24(30)21-15-20(17-9-3-1-4-10-17)27-28(21)18-11-5-2-6-12-18/h1-15H,16H2,(H2,25,29)(H,26,30). The number of carbonyl (C=O) groups excluding carboxylic acids is 2. The van der Waals surface area contributed by atoms with Crippen molar-refractivity contribution >= 4 is 29.3 Å². The van der Waals surface area contributed by atoms with Crippen LogP contribution in [0.4, 0.5) is 5.69 Å². The van der Waals surface area contributed by atoms with Crippen molar-refractivity contribution < 1.29 is 9.59 Å². The van der Waals surface area contributed by atoms with Gasteiger partial charge in [-0.1, -0.05) is 60.7 Å². The van der Waals surface area contributed by atoms with Gasteiger partial charge in [-0.3, -0.25) is 9.59 Å². The molecular weight excluding hydrogens is 408 g/mol. The van der Waals surface area contributed by atoms with Crippen LogP contribution in [0.2, 0.25) is 0 Å². The fourth-order valence-electron chi connectivity index (χ4n) is 3.09. The molecule has 4 rings (SSSR count). The zero-order chi connectivity index (χ0) is 21.6. The van der Waals surface area contributed by atoms with Gasteiger partial charge in [0.1, 0.15) is 5.69 Å². The van der Waals surface area contributed by atoms with Crippen molar-refractivity contribution in [3.8, 4) is 16.9 Å². The molecule has 0 fully saturated rings. The second-order valence-electron chi connectivity index (χ2n) is 6.73. The quantitative estimate of drug-likeness (QED) is 0.428. The molecule has 0 bridgehead atoms. The third-order valence-electron chi connectivity index (χ3n) is 4.52. The summed E-state index contributed by atoms with van der Waals surface area (Å²) in [6, 6.07) is 28.3. The molecule has 3 N–H and O–H groups in total. The van der Waals surface area contributed by atoms with E-state index in [2.05, 4.69) is 10.4 Å². The predicted molar refractivity (Wildman–Crippen MR) is 123 cm³/mol. The van der Waals surface area contributed by atoms with Crippen molar-refractivity contribution in [3.05, 3.63) is 96.7 Å². The number of nitrogens with zero attached hydrogens (tertiary/aromatic N) is 2. The van der Waals surface area contributed by atoms with Gasteiger partial charge in [0, 0.05) is 10.5 Å². The monoisotopic (exact) mass is 428 g/mol. The highest BCUT2D eigenvalue weighted by Crippen LogP contribution is 2.28. The van der Waals surface area contributed by atoms with Crippen LogP contribution >= 0.6 is 11.8 Å². The third-order valence-corrected chi connectivity index (χ3v) is 5.61. The molecule has 0 aliphatic heterocycles. The highest BCUT2D eigenvalue weighted by atomic mass is 32.2. The molecule has 0 saturated carbocycles. The molecule has 1 heterocycles. The lowest BCUT2D eigenvalue weighted by Gasteiger charge is -2.11. The maximum absolute atomic E-state index is 13.3. The number of amides is 2. The van der Waals surface area contributed by atoms with Gasteiger partial charge < -0.3 is 11.1 Å². The van der Waals surface area contributed by atoms with E-state index in [-0.39, 0.29) is 11.7 Å². The summed E-state index contributed by atoms with van der Waals surface area (Å²) in [4.78, 5) is 25.2. The number of carbonyl (C=O) groups is 2. The number of nitrogens with one attached hydrogen (secondary N) is 1. The van der Waals surface area contributed by atoms with Crippen LogP contribution in [-0.4, -0.2) is 27.3 Å². The zero-order valence-electron chi connectivity index (χ0n) is 16.6. The van der Waals surface area contributed by atoms with Gasteiger partial charge in [0.15, 0.2) is 0 Å². The Balaban J connectivity index is 1.70. The number of hydrogen-bond donors (Lipinski definition) is 2. The number of anilines is 1. The highest BCUT2D eigenvalue weighted by Gasteiger charge is 2.19. The van der Waals surface area contributed by atoms with Crippen molar-refractivity contribution in [2.45, 2.75) is 4.90 Å². The van der Waals surface area contributed by atoms with E-state index in [0.29, 0.717) is 17.1 Å². The summed E-state index contributed by atoms with van der Waals surface area (Å²) in [7, 11) is 0. The van der Waals surface area contributed by atoms with E-state index in [1.807, 2.05) is 78.9 Å².